The van der Waals surface area contributed by atoms with Crippen LogP contribution >= 0.6 is 15.9 Å². The molecule has 0 spiro atoms. The second kappa shape index (κ2) is 3.38. The quantitative estimate of drug-likeness (QED) is 0.785. The third kappa shape index (κ3) is 1.37. The number of aromatic nitrogens is 3. The summed E-state index contributed by atoms with van der Waals surface area (Å²) in [5.41, 5.74) is 1.45. The van der Waals surface area contributed by atoms with Crippen LogP contribution in [-0.2, 0) is 4.74 Å². The van der Waals surface area contributed by atoms with Crippen molar-refractivity contribution in [3.63, 3.8) is 0 Å². The Morgan fingerprint density at radius 1 is 1.64 bits per heavy atom. The molecule has 0 aliphatic heterocycles. The molecule has 0 aliphatic carbocycles. The summed E-state index contributed by atoms with van der Waals surface area (Å²) in [6.45, 7) is 0. The lowest BCUT2D eigenvalue weighted by Crippen LogP contribution is -2.00. The second-order valence-electron chi connectivity index (χ2n) is 2.58. The Bertz CT molecular complexity index is 494. The van der Waals surface area contributed by atoms with Crippen LogP contribution < -0.4 is 0 Å². The fourth-order valence-corrected chi connectivity index (χ4v) is 1.42. The summed E-state index contributed by atoms with van der Waals surface area (Å²) < 4.78 is 5.18. The molecule has 2 rings (SSSR count). The normalized spacial score (nSPS) is 10.4. The molecular formula is C8H6BrN3O2. The number of H-pyrrole nitrogens is 1. The Morgan fingerprint density at radius 3 is 3.14 bits per heavy atom. The van der Waals surface area contributed by atoms with E-state index in [1.165, 1.54) is 13.3 Å². The SMILES string of the molecule is COC(=O)c1c[nH]c2ncc(Br)nc12. The summed E-state index contributed by atoms with van der Waals surface area (Å²) in [4.78, 5) is 22.3. The van der Waals surface area contributed by atoms with Crippen molar-refractivity contribution in [2.75, 3.05) is 7.11 Å². The van der Waals surface area contributed by atoms with Gasteiger partial charge in [-0.1, -0.05) is 0 Å². The number of carbonyl (C=O) groups excluding carboxylic acids is 1. The number of carbonyl (C=O) groups is 1. The molecule has 0 bridgehead atoms. The third-order valence-electron chi connectivity index (χ3n) is 1.76. The van der Waals surface area contributed by atoms with Crippen molar-refractivity contribution < 1.29 is 9.53 Å². The van der Waals surface area contributed by atoms with E-state index in [1.807, 2.05) is 0 Å². The van der Waals surface area contributed by atoms with Crippen LogP contribution in [0.25, 0.3) is 11.2 Å². The van der Waals surface area contributed by atoms with E-state index < -0.39 is 5.97 Å². The van der Waals surface area contributed by atoms with E-state index in [4.69, 9.17) is 0 Å². The minimum Gasteiger partial charge on any atom is -0.465 e. The predicted molar refractivity (Wildman–Crippen MR) is 52.9 cm³/mol. The Labute approximate surface area is 87.6 Å². The molecule has 2 heterocycles. The number of halogens is 1. The van der Waals surface area contributed by atoms with Crippen LogP contribution in [0.5, 0.6) is 0 Å². The van der Waals surface area contributed by atoms with Crippen molar-refractivity contribution in [3.05, 3.63) is 22.6 Å². The highest BCUT2D eigenvalue weighted by Gasteiger charge is 2.14. The molecule has 0 saturated carbocycles. The molecule has 2 aromatic rings. The van der Waals surface area contributed by atoms with Gasteiger partial charge in [0.15, 0.2) is 5.65 Å². The maximum Gasteiger partial charge on any atom is 0.341 e. The van der Waals surface area contributed by atoms with Crippen LogP contribution in [0.3, 0.4) is 0 Å². The van der Waals surface area contributed by atoms with Crippen LogP contribution in [0, 0.1) is 0 Å². The number of hydrogen-bond donors (Lipinski definition) is 1. The van der Waals surface area contributed by atoms with Crippen LogP contribution in [0.15, 0.2) is 17.0 Å². The molecule has 6 heteroatoms. The Balaban J connectivity index is 2.67. The predicted octanol–water partition coefficient (Wildman–Crippen LogP) is 1.51. The van der Waals surface area contributed by atoms with Gasteiger partial charge in [0.25, 0.3) is 0 Å². The van der Waals surface area contributed by atoms with Gasteiger partial charge in [0.1, 0.15) is 15.7 Å². The van der Waals surface area contributed by atoms with Crippen molar-refractivity contribution in [3.8, 4) is 0 Å². The number of hydrogen-bond acceptors (Lipinski definition) is 4. The van der Waals surface area contributed by atoms with Gasteiger partial charge in [0.05, 0.1) is 13.3 Å². The Hall–Kier alpha value is -1.43. The lowest BCUT2D eigenvalue weighted by atomic mass is 10.3. The molecule has 0 unspecified atom stereocenters. The molecule has 14 heavy (non-hydrogen) atoms. The Kier molecular flexibility index (Phi) is 2.20. The molecule has 1 N–H and O–H groups in total. The zero-order valence-electron chi connectivity index (χ0n) is 7.24. The van der Waals surface area contributed by atoms with Gasteiger partial charge in [-0.2, -0.15) is 0 Å². The Morgan fingerprint density at radius 2 is 2.43 bits per heavy atom. The van der Waals surface area contributed by atoms with Crippen LogP contribution in [0.2, 0.25) is 0 Å². The van der Waals surface area contributed by atoms with E-state index in [0.717, 1.165) is 0 Å². The van der Waals surface area contributed by atoms with Crippen LogP contribution in [0.4, 0.5) is 0 Å². The number of rotatable bonds is 1. The van der Waals surface area contributed by atoms with Crippen molar-refractivity contribution in [1.82, 2.24) is 15.0 Å². The van der Waals surface area contributed by atoms with Gasteiger partial charge in [-0.15, -0.1) is 0 Å². The molecule has 0 aromatic carbocycles. The third-order valence-corrected chi connectivity index (χ3v) is 2.14. The van der Waals surface area contributed by atoms with E-state index >= 15 is 0 Å². The number of nitrogens with one attached hydrogen (secondary N) is 1. The van der Waals surface area contributed by atoms with Gasteiger partial charge < -0.3 is 9.72 Å². The van der Waals surface area contributed by atoms with E-state index in [0.29, 0.717) is 21.3 Å². The molecule has 0 fully saturated rings. The highest BCUT2D eigenvalue weighted by Crippen LogP contribution is 2.16. The van der Waals surface area contributed by atoms with E-state index in [9.17, 15) is 4.79 Å². The van der Waals surface area contributed by atoms with Gasteiger partial charge in [0.2, 0.25) is 0 Å². The molecule has 0 saturated heterocycles. The molecule has 0 aliphatic rings. The summed E-state index contributed by atoms with van der Waals surface area (Å²) in [6.07, 6.45) is 3.09. The average molecular weight is 256 g/mol. The monoisotopic (exact) mass is 255 g/mol. The van der Waals surface area contributed by atoms with Crippen molar-refractivity contribution in [2.45, 2.75) is 0 Å². The zero-order chi connectivity index (χ0) is 10.1. The average Bonchev–Trinajstić information content (AvgIpc) is 2.59. The van der Waals surface area contributed by atoms with E-state index in [2.05, 4.69) is 35.6 Å². The fourth-order valence-electron chi connectivity index (χ4n) is 1.14. The molecule has 2 aromatic heterocycles. The number of ether oxygens (including phenoxy) is 1. The lowest BCUT2D eigenvalue weighted by Gasteiger charge is -1.95. The fraction of sp³-hybridized carbons (Fsp3) is 0.125. The number of aromatic amines is 1. The first-order valence-electron chi connectivity index (χ1n) is 3.80. The van der Waals surface area contributed by atoms with Gasteiger partial charge >= 0.3 is 5.97 Å². The topological polar surface area (TPSA) is 67.9 Å². The summed E-state index contributed by atoms with van der Waals surface area (Å²) >= 11 is 3.18. The summed E-state index contributed by atoms with van der Waals surface area (Å²) in [5, 5.41) is 0. The van der Waals surface area contributed by atoms with Crippen molar-refractivity contribution in [2.24, 2.45) is 0 Å². The highest BCUT2D eigenvalue weighted by atomic mass is 79.9. The first-order valence-corrected chi connectivity index (χ1v) is 4.59. The number of fused-ring (bicyclic) bond motifs is 1. The maximum atomic E-state index is 11.3. The number of methoxy groups -OCH3 is 1. The van der Waals surface area contributed by atoms with Crippen molar-refractivity contribution >= 4 is 33.1 Å². The number of esters is 1. The largest absolute Gasteiger partial charge is 0.465 e. The summed E-state index contributed by atoms with van der Waals surface area (Å²) in [5.74, 6) is -0.427. The van der Waals surface area contributed by atoms with Gasteiger partial charge in [-0.25, -0.2) is 14.8 Å². The molecule has 0 radical (unpaired) electrons. The minimum atomic E-state index is -0.427. The van der Waals surface area contributed by atoms with Crippen LogP contribution in [0.1, 0.15) is 10.4 Å². The van der Waals surface area contributed by atoms with E-state index in [-0.39, 0.29) is 0 Å². The lowest BCUT2D eigenvalue weighted by molar-refractivity contribution is 0.0603. The van der Waals surface area contributed by atoms with Gasteiger partial charge in [-0.05, 0) is 15.9 Å². The number of nitrogens with zero attached hydrogens (tertiary/aromatic N) is 2. The molecule has 72 valence electrons. The van der Waals surface area contributed by atoms with Gasteiger partial charge in [-0.3, -0.25) is 0 Å². The summed E-state index contributed by atoms with van der Waals surface area (Å²) in [7, 11) is 1.33. The second-order valence-corrected chi connectivity index (χ2v) is 3.40. The van der Waals surface area contributed by atoms with Crippen molar-refractivity contribution in [1.29, 1.82) is 0 Å². The summed E-state index contributed by atoms with van der Waals surface area (Å²) in [6, 6.07) is 0. The zero-order valence-corrected chi connectivity index (χ0v) is 8.83. The standard InChI is InChI=1S/C8H6BrN3O2/c1-14-8(13)4-2-10-7-6(4)12-5(9)3-11-7/h2-3H,1H3,(H,10,11). The van der Waals surface area contributed by atoms with Gasteiger partial charge in [0, 0.05) is 6.20 Å². The molecule has 5 nitrogen and oxygen atoms in total. The first kappa shape index (κ1) is 9.14. The van der Waals surface area contributed by atoms with Crippen LogP contribution in [-0.4, -0.2) is 28.0 Å². The first-order chi connectivity index (χ1) is 6.72. The minimum absolute atomic E-state index is 0.385. The smallest absolute Gasteiger partial charge is 0.341 e. The molecule has 0 amide bonds. The van der Waals surface area contributed by atoms with E-state index in [1.54, 1.807) is 6.20 Å². The highest BCUT2D eigenvalue weighted by molar-refractivity contribution is 9.10. The molecule has 0 atom stereocenters. The molecular weight excluding hydrogens is 250 g/mol. The maximum absolute atomic E-state index is 11.3.